The predicted octanol–water partition coefficient (Wildman–Crippen LogP) is 1.93. The predicted molar refractivity (Wildman–Crippen MR) is 80.7 cm³/mol. The van der Waals surface area contributed by atoms with Crippen LogP contribution in [0, 0.1) is 5.92 Å². The van der Waals surface area contributed by atoms with Gasteiger partial charge in [-0.25, -0.2) is 13.1 Å². The third-order valence-corrected chi connectivity index (χ3v) is 5.57. The fraction of sp³-hybridized carbons (Fsp3) is 0.571. The highest BCUT2D eigenvalue weighted by Gasteiger charge is 2.28. The maximum Gasteiger partial charge on any atom is 0.240 e. The van der Waals surface area contributed by atoms with Crippen molar-refractivity contribution in [1.82, 2.24) is 4.72 Å². The number of aliphatic hydroxyl groups excluding tert-OH is 1. The topological polar surface area (TPSA) is 75.6 Å². The van der Waals surface area contributed by atoms with Gasteiger partial charge in [-0.2, -0.15) is 0 Å². The summed E-state index contributed by atoms with van der Waals surface area (Å²) in [5, 5.41) is 9.51. The molecule has 0 aliphatic carbocycles. The minimum absolute atomic E-state index is 0.114. The van der Waals surface area contributed by atoms with Crippen molar-refractivity contribution in [2.24, 2.45) is 5.92 Å². The van der Waals surface area contributed by atoms with Crippen LogP contribution in [0.25, 0.3) is 0 Å². The highest BCUT2D eigenvalue weighted by molar-refractivity contribution is 7.89. The average molecular weight is 334 g/mol. The van der Waals surface area contributed by atoms with E-state index in [1.54, 1.807) is 0 Å². The van der Waals surface area contributed by atoms with Gasteiger partial charge in [0.2, 0.25) is 10.0 Å². The number of benzene rings is 1. The highest BCUT2D eigenvalue weighted by atomic mass is 35.5. The van der Waals surface area contributed by atoms with E-state index in [4.69, 9.17) is 21.4 Å². The number of halogens is 1. The van der Waals surface area contributed by atoms with E-state index in [1.807, 2.05) is 6.92 Å². The van der Waals surface area contributed by atoms with Crippen LogP contribution in [-0.2, 0) is 21.4 Å². The van der Waals surface area contributed by atoms with Crippen molar-refractivity contribution in [3.05, 3.63) is 28.8 Å². The molecule has 2 N–H and O–H groups in total. The first kappa shape index (κ1) is 16.7. The number of aliphatic hydroxyl groups is 1. The molecule has 1 aliphatic rings. The molecule has 118 valence electrons. The Balaban J connectivity index is 2.08. The standard InChI is InChI=1S/C14H20ClNO4S/c1-2-14-10(5-6-20-14)8-16-21(18,19)12-3-4-13(15)11(7-12)9-17/h3-4,7,10,14,16-17H,2,5-6,8-9H2,1H3. The van der Waals surface area contributed by atoms with Gasteiger partial charge < -0.3 is 9.84 Å². The second-order valence-electron chi connectivity index (χ2n) is 5.13. The number of hydrogen-bond donors (Lipinski definition) is 2. The van der Waals surface area contributed by atoms with Gasteiger partial charge in [-0.1, -0.05) is 18.5 Å². The number of nitrogens with one attached hydrogen (secondary N) is 1. The summed E-state index contributed by atoms with van der Waals surface area (Å²) < 4.78 is 32.7. The molecule has 0 saturated carbocycles. The fourth-order valence-electron chi connectivity index (χ4n) is 2.52. The van der Waals surface area contributed by atoms with E-state index in [1.165, 1.54) is 18.2 Å². The summed E-state index contributed by atoms with van der Waals surface area (Å²) in [6.45, 7) is 2.78. The lowest BCUT2D eigenvalue weighted by atomic mass is 10.0. The molecule has 7 heteroatoms. The van der Waals surface area contributed by atoms with E-state index in [0.717, 1.165) is 12.8 Å². The Bertz CT molecular complexity index is 591. The van der Waals surface area contributed by atoms with Crippen LogP contribution in [-0.4, -0.2) is 32.8 Å². The van der Waals surface area contributed by atoms with Gasteiger partial charge >= 0.3 is 0 Å². The van der Waals surface area contributed by atoms with Crippen LogP contribution in [0.4, 0.5) is 0 Å². The molecule has 0 radical (unpaired) electrons. The smallest absolute Gasteiger partial charge is 0.240 e. The van der Waals surface area contributed by atoms with Crippen molar-refractivity contribution in [2.75, 3.05) is 13.2 Å². The second kappa shape index (κ2) is 7.07. The number of rotatable bonds is 6. The number of hydrogen-bond acceptors (Lipinski definition) is 4. The van der Waals surface area contributed by atoms with Crippen molar-refractivity contribution in [3.8, 4) is 0 Å². The fourth-order valence-corrected chi connectivity index (χ4v) is 3.84. The minimum Gasteiger partial charge on any atom is -0.392 e. The molecule has 1 heterocycles. The third kappa shape index (κ3) is 3.96. The first-order chi connectivity index (χ1) is 9.97. The van der Waals surface area contributed by atoms with Crippen molar-refractivity contribution < 1.29 is 18.3 Å². The molecule has 0 spiro atoms. The maximum atomic E-state index is 12.3. The van der Waals surface area contributed by atoms with Crippen molar-refractivity contribution in [1.29, 1.82) is 0 Å². The molecule has 2 atom stereocenters. The number of sulfonamides is 1. The molecular weight excluding hydrogens is 314 g/mol. The molecule has 1 fully saturated rings. The van der Waals surface area contributed by atoms with Crippen LogP contribution in [0.3, 0.4) is 0 Å². The summed E-state index contributed by atoms with van der Waals surface area (Å²) in [5.41, 5.74) is 0.398. The van der Waals surface area contributed by atoms with Crippen LogP contribution in [0.2, 0.25) is 5.02 Å². The first-order valence-corrected chi connectivity index (χ1v) is 8.84. The van der Waals surface area contributed by atoms with E-state index in [0.29, 0.717) is 23.7 Å². The van der Waals surface area contributed by atoms with E-state index >= 15 is 0 Å². The van der Waals surface area contributed by atoms with Crippen LogP contribution in [0.1, 0.15) is 25.3 Å². The van der Waals surface area contributed by atoms with E-state index in [-0.39, 0.29) is 23.5 Å². The zero-order valence-corrected chi connectivity index (χ0v) is 13.5. The molecule has 1 saturated heterocycles. The van der Waals surface area contributed by atoms with Gasteiger partial charge in [-0.3, -0.25) is 0 Å². The molecule has 0 amide bonds. The minimum atomic E-state index is -3.60. The van der Waals surface area contributed by atoms with Crippen molar-refractivity contribution >= 4 is 21.6 Å². The van der Waals surface area contributed by atoms with Gasteiger partial charge in [-0.05, 0) is 36.6 Å². The molecular formula is C14H20ClNO4S. The Kier molecular flexibility index (Phi) is 5.62. The Morgan fingerprint density at radius 1 is 1.48 bits per heavy atom. The SMILES string of the molecule is CCC1OCCC1CNS(=O)(=O)c1ccc(Cl)c(CO)c1. The monoisotopic (exact) mass is 333 g/mol. The molecule has 1 aromatic carbocycles. The highest BCUT2D eigenvalue weighted by Crippen LogP contribution is 2.24. The summed E-state index contributed by atoms with van der Waals surface area (Å²) in [5.74, 6) is 0.203. The quantitative estimate of drug-likeness (QED) is 0.834. The molecule has 0 aromatic heterocycles. The van der Waals surface area contributed by atoms with Crippen LogP contribution >= 0.6 is 11.6 Å². The largest absolute Gasteiger partial charge is 0.392 e. The Labute approximate surface area is 130 Å². The maximum absolute atomic E-state index is 12.3. The van der Waals surface area contributed by atoms with E-state index < -0.39 is 10.0 Å². The zero-order valence-electron chi connectivity index (χ0n) is 11.9. The van der Waals surface area contributed by atoms with Crippen molar-refractivity contribution in [2.45, 2.75) is 37.4 Å². The normalized spacial score (nSPS) is 22.6. The Morgan fingerprint density at radius 3 is 2.90 bits per heavy atom. The number of ether oxygens (including phenoxy) is 1. The van der Waals surface area contributed by atoms with Gasteiger partial charge in [0.15, 0.2) is 0 Å². The summed E-state index contributed by atoms with van der Waals surface area (Å²) in [6, 6.07) is 4.31. The lowest BCUT2D eigenvalue weighted by Crippen LogP contribution is -2.32. The molecule has 2 unspecified atom stereocenters. The lowest BCUT2D eigenvalue weighted by molar-refractivity contribution is 0.0884. The molecule has 2 rings (SSSR count). The third-order valence-electron chi connectivity index (χ3n) is 3.78. The molecule has 21 heavy (non-hydrogen) atoms. The summed E-state index contributed by atoms with van der Waals surface area (Å²) >= 11 is 5.87. The molecule has 1 aliphatic heterocycles. The molecule has 1 aromatic rings. The van der Waals surface area contributed by atoms with E-state index in [2.05, 4.69) is 4.72 Å². The van der Waals surface area contributed by atoms with Gasteiger partial charge in [-0.15, -0.1) is 0 Å². The summed E-state index contributed by atoms with van der Waals surface area (Å²) in [6.07, 6.45) is 1.86. The zero-order chi connectivity index (χ0) is 15.5. The van der Waals surface area contributed by atoms with Crippen LogP contribution in [0.15, 0.2) is 23.1 Å². The summed E-state index contributed by atoms with van der Waals surface area (Å²) in [7, 11) is -3.60. The first-order valence-electron chi connectivity index (χ1n) is 6.98. The molecule has 5 nitrogen and oxygen atoms in total. The summed E-state index contributed by atoms with van der Waals surface area (Å²) in [4.78, 5) is 0.114. The van der Waals surface area contributed by atoms with Gasteiger partial charge in [0, 0.05) is 24.1 Å². The Hall–Kier alpha value is -0.660. The van der Waals surface area contributed by atoms with E-state index in [9.17, 15) is 8.42 Å². The Morgan fingerprint density at radius 2 is 2.24 bits per heavy atom. The van der Waals surface area contributed by atoms with Gasteiger partial charge in [0.25, 0.3) is 0 Å². The van der Waals surface area contributed by atoms with Gasteiger partial charge in [0.05, 0.1) is 17.6 Å². The van der Waals surface area contributed by atoms with Gasteiger partial charge in [0.1, 0.15) is 0 Å². The van der Waals surface area contributed by atoms with Crippen LogP contribution in [0.5, 0.6) is 0 Å². The molecule has 0 bridgehead atoms. The average Bonchev–Trinajstić information content (AvgIpc) is 2.93. The van der Waals surface area contributed by atoms with Crippen molar-refractivity contribution in [3.63, 3.8) is 0 Å². The lowest BCUT2D eigenvalue weighted by Gasteiger charge is -2.17. The second-order valence-corrected chi connectivity index (χ2v) is 7.30. The van der Waals surface area contributed by atoms with Crippen LogP contribution < -0.4 is 4.72 Å².